The largest absolute Gasteiger partial charge is 0.508 e. The Balaban J connectivity index is 0.000000255. The van der Waals surface area contributed by atoms with Crippen molar-refractivity contribution >= 4 is 11.6 Å². The molecule has 0 aliphatic rings. The fourth-order valence-electron chi connectivity index (χ4n) is 2.83. The number of ketones is 2. The van der Waals surface area contributed by atoms with Gasteiger partial charge in [-0.1, -0.05) is 65.2 Å². The van der Waals surface area contributed by atoms with Gasteiger partial charge < -0.3 is 14.6 Å². The third-order valence-electron chi connectivity index (χ3n) is 5.25. The zero-order valence-electron chi connectivity index (χ0n) is 23.3. The molecular weight excluding hydrogens is 476 g/mol. The van der Waals surface area contributed by atoms with Crippen LogP contribution in [0.1, 0.15) is 51.3 Å². The smallest absolute Gasteiger partial charge is 0.159 e. The summed E-state index contributed by atoms with van der Waals surface area (Å²) in [5.74, 6) is 2.22. The van der Waals surface area contributed by atoms with E-state index in [4.69, 9.17) is 14.6 Å². The van der Waals surface area contributed by atoms with Crippen molar-refractivity contribution in [3.8, 4) is 17.2 Å². The maximum Gasteiger partial charge on any atom is 0.159 e. The van der Waals surface area contributed by atoms with Crippen molar-refractivity contribution in [1.29, 1.82) is 0 Å². The molecule has 0 aromatic heterocycles. The van der Waals surface area contributed by atoms with E-state index in [1.807, 2.05) is 74.5 Å². The van der Waals surface area contributed by atoms with Gasteiger partial charge in [-0.3, -0.25) is 9.59 Å². The Morgan fingerprint density at radius 2 is 0.763 bits per heavy atom. The second-order valence-electron chi connectivity index (χ2n) is 8.56. The number of aryl methyl sites for hydroxylation is 3. The second kappa shape index (κ2) is 17.1. The zero-order chi connectivity index (χ0) is 28.5. The topological polar surface area (TPSA) is 72.8 Å². The molecule has 0 radical (unpaired) electrons. The number of carbonyl (C=O) groups is 2. The highest BCUT2D eigenvalue weighted by Crippen LogP contribution is 2.11. The van der Waals surface area contributed by atoms with Gasteiger partial charge in [0.05, 0.1) is 14.2 Å². The van der Waals surface area contributed by atoms with Gasteiger partial charge in [-0.15, -0.1) is 0 Å². The monoisotopic (exact) mass is 514 g/mol. The van der Waals surface area contributed by atoms with Gasteiger partial charge in [0.15, 0.2) is 11.6 Å². The van der Waals surface area contributed by atoms with Gasteiger partial charge in [0.25, 0.3) is 0 Å². The van der Waals surface area contributed by atoms with Crippen molar-refractivity contribution in [3.05, 3.63) is 125 Å². The fourth-order valence-corrected chi connectivity index (χ4v) is 2.83. The summed E-state index contributed by atoms with van der Waals surface area (Å²) in [5, 5.41) is 8.76. The molecule has 0 heterocycles. The van der Waals surface area contributed by atoms with Crippen molar-refractivity contribution in [2.45, 2.75) is 34.6 Å². The molecule has 5 nitrogen and oxygen atoms in total. The Bertz CT molecular complexity index is 1200. The molecule has 0 saturated carbocycles. The zero-order valence-corrected chi connectivity index (χ0v) is 23.3. The normalized spacial score (nSPS) is 9.24. The molecule has 4 aromatic carbocycles. The summed E-state index contributed by atoms with van der Waals surface area (Å²) in [5.41, 5.74) is 5.11. The highest BCUT2D eigenvalue weighted by atomic mass is 16.5. The number of Topliss-reactive ketones (excluding diaryl/α,β-unsaturated/α-hetero) is 2. The molecule has 1 N–H and O–H groups in total. The van der Waals surface area contributed by atoms with Gasteiger partial charge in [-0.05, 0) is 83.1 Å². The Labute approximate surface area is 226 Å². The first-order chi connectivity index (χ1) is 18.0. The molecular formula is C33H38O5. The van der Waals surface area contributed by atoms with Gasteiger partial charge in [-0.2, -0.15) is 0 Å². The first-order valence-corrected chi connectivity index (χ1v) is 12.1. The van der Waals surface area contributed by atoms with Crippen molar-refractivity contribution in [3.63, 3.8) is 0 Å². The lowest BCUT2D eigenvalue weighted by molar-refractivity contribution is 0.100. The van der Waals surface area contributed by atoms with Crippen LogP contribution < -0.4 is 9.47 Å². The summed E-state index contributed by atoms with van der Waals surface area (Å²) in [7, 11) is 3.27. The Morgan fingerprint density at radius 3 is 1.05 bits per heavy atom. The van der Waals surface area contributed by atoms with Crippen LogP contribution in [0.5, 0.6) is 17.2 Å². The number of carbonyl (C=O) groups excluding carboxylic acids is 2. The molecule has 0 spiro atoms. The molecule has 0 atom stereocenters. The van der Waals surface area contributed by atoms with Crippen LogP contribution in [0.3, 0.4) is 0 Å². The predicted molar refractivity (Wildman–Crippen MR) is 155 cm³/mol. The minimum absolute atomic E-state index is 0.0765. The number of methoxy groups -OCH3 is 2. The number of rotatable bonds is 4. The van der Waals surface area contributed by atoms with E-state index < -0.39 is 0 Å². The minimum atomic E-state index is 0.0765. The Kier molecular flexibility index (Phi) is 14.3. The molecule has 0 bridgehead atoms. The number of hydrogen-bond donors (Lipinski definition) is 1. The number of hydrogen-bond acceptors (Lipinski definition) is 5. The van der Waals surface area contributed by atoms with E-state index in [1.54, 1.807) is 64.5 Å². The quantitative estimate of drug-likeness (QED) is 0.281. The van der Waals surface area contributed by atoms with E-state index in [1.165, 1.54) is 16.7 Å². The van der Waals surface area contributed by atoms with Crippen molar-refractivity contribution < 1.29 is 24.2 Å². The highest BCUT2D eigenvalue weighted by molar-refractivity contribution is 5.94. The average molecular weight is 515 g/mol. The molecule has 0 amide bonds. The predicted octanol–water partition coefficient (Wildman–Crippen LogP) is 7.80. The number of aromatic hydroxyl groups is 1. The lowest BCUT2D eigenvalue weighted by Gasteiger charge is -1.98. The van der Waals surface area contributed by atoms with E-state index in [2.05, 4.69) is 6.92 Å². The van der Waals surface area contributed by atoms with E-state index in [9.17, 15) is 9.59 Å². The standard InChI is InChI=1S/C9H10O2.C9H10O.C8H10O.C7H8O/c1-7(10)8-3-5-9(11-2)6-4-8;1-7-3-5-9(6-4-7)8(2)10;1-7-3-5-8(9-2)6-4-7;1-6-2-4-7(8)5-3-6/h3-6H,1-2H3;3-6H,1-2H3;3-6H,1-2H3;2-5,8H,1H3. The third kappa shape index (κ3) is 13.1. The van der Waals surface area contributed by atoms with Crippen LogP contribution >= 0.6 is 0 Å². The maximum absolute atomic E-state index is 10.8. The van der Waals surface area contributed by atoms with Gasteiger partial charge in [0, 0.05) is 11.1 Å². The van der Waals surface area contributed by atoms with Crippen LogP contribution in [0, 0.1) is 20.8 Å². The van der Waals surface area contributed by atoms with Crippen LogP contribution in [0.4, 0.5) is 0 Å². The highest BCUT2D eigenvalue weighted by Gasteiger charge is 1.97. The molecule has 0 fully saturated rings. The Morgan fingerprint density at radius 1 is 0.500 bits per heavy atom. The van der Waals surface area contributed by atoms with Crippen LogP contribution in [-0.4, -0.2) is 30.9 Å². The van der Waals surface area contributed by atoms with Crippen molar-refractivity contribution in [2.24, 2.45) is 0 Å². The summed E-state index contributed by atoms with van der Waals surface area (Å²) in [4.78, 5) is 21.6. The van der Waals surface area contributed by atoms with Crippen molar-refractivity contribution in [1.82, 2.24) is 0 Å². The molecule has 38 heavy (non-hydrogen) atoms. The number of benzene rings is 4. The van der Waals surface area contributed by atoms with E-state index in [0.717, 1.165) is 17.1 Å². The minimum Gasteiger partial charge on any atom is -0.508 e. The first kappa shape index (κ1) is 31.6. The van der Waals surface area contributed by atoms with E-state index in [0.29, 0.717) is 11.3 Å². The maximum atomic E-state index is 10.8. The number of phenolic OH excluding ortho intramolecular Hbond substituents is 1. The summed E-state index contributed by atoms with van der Waals surface area (Å²) in [6, 6.07) is 29.7. The molecule has 0 saturated heterocycles. The number of phenols is 1. The van der Waals surface area contributed by atoms with Gasteiger partial charge in [0.2, 0.25) is 0 Å². The molecule has 0 unspecified atom stereocenters. The fraction of sp³-hybridized carbons (Fsp3) is 0.212. The first-order valence-electron chi connectivity index (χ1n) is 12.1. The van der Waals surface area contributed by atoms with Crippen molar-refractivity contribution in [2.75, 3.05) is 14.2 Å². The van der Waals surface area contributed by atoms with Crippen LogP contribution in [0.2, 0.25) is 0 Å². The molecule has 0 aliphatic heterocycles. The van der Waals surface area contributed by atoms with E-state index in [-0.39, 0.29) is 11.6 Å². The van der Waals surface area contributed by atoms with E-state index >= 15 is 0 Å². The lowest BCUT2D eigenvalue weighted by Crippen LogP contribution is -1.91. The molecule has 5 heteroatoms. The molecule has 4 rings (SSSR count). The number of ether oxygens (including phenoxy) is 2. The lowest BCUT2D eigenvalue weighted by atomic mass is 10.1. The second-order valence-corrected chi connectivity index (χ2v) is 8.56. The van der Waals surface area contributed by atoms with Crippen LogP contribution in [0.15, 0.2) is 97.1 Å². The SMILES string of the molecule is CC(=O)c1ccc(C)cc1.COc1ccc(C(C)=O)cc1.COc1ccc(C)cc1.Cc1ccc(O)cc1. The van der Waals surface area contributed by atoms with Gasteiger partial charge in [0.1, 0.15) is 17.2 Å². The van der Waals surface area contributed by atoms with Crippen LogP contribution in [0.25, 0.3) is 0 Å². The molecule has 0 aliphatic carbocycles. The summed E-state index contributed by atoms with van der Waals surface area (Å²) < 4.78 is 9.91. The van der Waals surface area contributed by atoms with Gasteiger partial charge in [-0.25, -0.2) is 0 Å². The van der Waals surface area contributed by atoms with Crippen LogP contribution in [-0.2, 0) is 0 Å². The van der Waals surface area contributed by atoms with Gasteiger partial charge >= 0.3 is 0 Å². The molecule has 200 valence electrons. The average Bonchev–Trinajstić information content (AvgIpc) is 2.92. The third-order valence-corrected chi connectivity index (χ3v) is 5.25. The molecule has 4 aromatic rings. The summed E-state index contributed by atoms with van der Waals surface area (Å²) >= 11 is 0. The summed E-state index contributed by atoms with van der Waals surface area (Å²) in [6.45, 7) is 9.16. The Hall–Kier alpha value is -4.38. The summed E-state index contributed by atoms with van der Waals surface area (Å²) in [6.07, 6.45) is 0.